The Morgan fingerprint density at radius 2 is 2.04 bits per heavy atom. The number of fused-ring (bicyclic) bond motifs is 1. The van der Waals surface area contributed by atoms with Gasteiger partial charge in [-0.25, -0.2) is 0 Å². The Balaban J connectivity index is 1.58. The molecule has 0 saturated heterocycles. The molecule has 3 rings (SSSR count). The largest absolute Gasteiger partial charge is 0.490 e. The number of thiophene rings is 1. The minimum atomic E-state index is -0.0565. The molecule has 1 N–H and O–H groups in total. The molecule has 1 amide bonds. The van der Waals surface area contributed by atoms with E-state index < -0.39 is 0 Å². The van der Waals surface area contributed by atoms with E-state index in [9.17, 15) is 4.79 Å². The van der Waals surface area contributed by atoms with Gasteiger partial charge in [-0.15, -0.1) is 11.3 Å². The third-order valence-corrected chi connectivity index (χ3v) is 5.07. The van der Waals surface area contributed by atoms with Gasteiger partial charge in [0.25, 0.3) is 0 Å². The van der Waals surface area contributed by atoms with Gasteiger partial charge >= 0.3 is 0 Å². The molecule has 0 unspecified atom stereocenters. The molecule has 134 valence electrons. The molecule has 0 saturated carbocycles. The highest BCUT2D eigenvalue weighted by Crippen LogP contribution is 2.32. The van der Waals surface area contributed by atoms with E-state index in [1.165, 1.54) is 0 Å². The third kappa shape index (κ3) is 5.11. The molecule has 0 fully saturated rings. The summed E-state index contributed by atoms with van der Waals surface area (Å²) >= 11 is 7.51. The van der Waals surface area contributed by atoms with Crippen LogP contribution in [0, 0.1) is 0 Å². The van der Waals surface area contributed by atoms with Crippen LogP contribution in [0.15, 0.2) is 30.3 Å². The van der Waals surface area contributed by atoms with E-state index in [-0.39, 0.29) is 5.91 Å². The highest BCUT2D eigenvalue weighted by Gasteiger charge is 2.14. The van der Waals surface area contributed by atoms with Crippen LogP contribution in [0.1, 0.15) is 18.2 Å². The molecule has 2 heterocycles. The number of nitrogens with zero attached hydrogens (tertiary/aromatic N) is 1. The van der Waals surface area contributed by atoms with Gasteiger partial charge in [0.15, 0.2) is 11.5 Å². The van der Waals surface area contributed by atoms with Crippen molar-refractivity contribution >= 4 is 34.5 Å². The summed E-state index contributed by atoms with van der Waals surface area (Å²) in [5.74, 6) is 1.34. The van der Waals surface area contributed by atoms with Crippen LogP contribution < -0.4 is 14.8 Å². The number of rotatable bonds is 6. The van der Waals surface area contributed by atoms with Crippen LogP contribution in [0.5, 0.6) is 11.5 Å². The standard InChI is InChI=1S/C18H21ClN2O3S/c1-2-21(11-14-5-7-17(19)25-14)12-18(22)20-13-4-6-15-16(10-13)24-9-3-8-23-15/h4-7,10H,2-3,8-9,11-12H2,1H3,(H,20,22). The van der Waals surface area contributed by atoms with Crippen LogP contribution in [0.4, 0.5) is 5.69 Å². The second-order valence-electron chi connectivity index (χ2n) is 5.77. The Labute approximate surface area is 156 Å². The van der Waals surface area contributed by atoms with Crippen LogP contribution in [0.25, 0.3) is 0 Å². The van der Waals surface area contributed by atoms with Gasteiger partial charge in [-0.05, 0) is 30.8 Å². The Morgan fingerprint density at radius 1 is 1.24 bits per heavy atom. The van der Waals surface area contributed by atoms with Crippen LogP contribution in [0.2, 0.25) is 4.34 Å². The summed E-state index contributed by atoms with van der Waals surface area (Å²) in [6, 6.07) is 9.36. The first-order chi connectivity index (χ1) is 12.1. The van der Waals surface area contributed by atoms with Gasteiger partial charge in [-0.3, -0.25) is 9.69 Å². The van der Waals surface area contributed by atoms with Crippen molar-refractivity contribution in [1.82, 2.24) is 4.90 Å². The lowest BCUT2D eigenvalue weighted by atomic mass is 10.2. The molecule has 7 heteroatoms. The minimum Gasteiger partial charge on any atom is -0.490 e. The van der Waals surface area contributed by atoms with Crippen molar-refractivity contribution in [3.05, 3.63) is 39.5 Å². The molecule has 0 atom stereocenters. The number of anilines is 1. The van der Waals surface area contributed by atoms with Crippen LogP contribution in [-0.4, -0.2) is 37.1 Å². The molecule has 1 aliphatic heterocycles. The topological polar surface area (TPSA) is 50.8 Å². The molecule has 1 aromatic heterocycles. The first-order valence-corrected chi connectivity index (χ1v) is 9.49. The van der Waals surface area contributed by atoms with Gasteiger partial charge in [0.2, 0.25) is 5.91 Å². The van der Waals surface area contributed by atoms with E-state index in [0.29, 0.717) is 37.7 Å². The quantitative estimate of drug-likeness (QED) is 0.822. The van der Waals surface area contributed by atoms with E-state index in [1.54, 1.807) is 11.3 Å². The molecule has 1 aliphatic rings. The van der Waals surface area contributed by atoms with Crippen molar-refractivity contribution in [2.45, 2.75) is 19.9 Å². The predicted molar refractivity (Wildman–Crippen MR) is 101 cm³/mol. The molecule has 2 aromatic rings. The number of benzene rings is 1. The van der Waals surface area contributed by atoms with Crippen molar-refractivity contribution < 1.29 is 14.3 Å². The van der Waals surface area contributed by atoms with Gasteiger partial charge in [0.05, 0.1) is 24.1 Å². The Bertz CT molecular complexity index is 735. The molecule has 25 heavy (non-hydrogen) atoms. The molecule has 1 aromatic carbocycles. The maximum absolute atomic E-state index is 12.4. The van der Waals surface area contributed by atoms with Gasteiger partial charge in [-0.2, -0.15) is 0 Å². The minimum absolute atomic E-state index is 0.0565. The van der Waals surface area contributed by atoms with Gasteiger partial charge in [0, 0.05) is 29.6 Å². The summed E-state index contributed by atoms with van der Waals surface area (Å²) in [6.45, 7) is 5.12. The number of carbonyl (C=O) groups is 1. The third-order valence-electron chi connectivity index (χ3n) is 3.85. The normalized spacial score (nSPS) is 13.6. The lowest BCUT2D eigenvalue weighted by molar-refractivity contribution is -0.117. The number of halogens is 1. The van der Waals surface area contributed by atoms with Crippen molar-refractivity contribution in [2.75, 3.05) is 31.6 Å². The Hall–Kier alpha value is -1.76. The zero-order chi connectivity index (χ0) is 17.6. The number of hydrogen-bond donors (Lipinski definition) is 1. The van der Waals surface area contributed by atoms with E-state index in [4.69, 9.17) is 21.1 Å². The zero-order valence-corrected chi connectivity index (χ0v) is 15.7. The first kappa shape index (κ1) is 18.0. The van der Waals surface area contributed by atoms with Crippen molar-refractivity contribution in [1.29, 1.82) is 0 Å². The molecule has 0 radical (unpaired) electrons. The van der Waals surface area contributed by atoms with Crippen molar-refractivity contribution in [3.63, 3.8) is 0 Å². The van der Waals surface area contributed by atoms with Crippen LogP contribution in [0.3, 0.4) is 0 Å². The van der Waals surface area contributed by atoms with Gasteiger partial charge < -0.3 is 14.8 Å². The summed E-state index contributed by atoms with van der Waals surface area (Å²) in [5, 5.41) is 2.93. The van der Waals surface area contributed by atoms with E-state index in [2.05, 4.69) is 10.2 Å². The summed E-state index contributed by atoms with van der Waals surface area (Å²) in [6.07, 6.45) is 0.856. The second-order valence-corrected chi connectivity index (χ2v) is 7.57. The number of carbonyl (C=O) groups excluding carboxylic acids is 1. The van der Waals surface area contributed by atoms with E-state index in [1.807, 2.05) is 37.3 Å². The molecule has 5 nitrogen and oxygen atoms in total. The predicted octanol–water partition coefficient (Wildman–Crippen LogP) is 4.02. The van der Waals surface area contributed by atoms with Gasteiger partial charge in [0.1, 0.15) is 0 Å². The number of likely N-dealkylation sites (N-methyl/N-ethyl adjacent to an activating group) is 1. The summed E-state index contributed by atoms with van der Waals surface area (Å²) in [7, 11) is 0. The zero-order valence-electron chi connectivity index (χ0n) is 14.1. The van der Waals surface area contributed by atoms with Crippen LogP contribution >= 0.6 is 22.9 Å². The fourth-order valence-electron chi connectivity index (χ4n) is 2.58. The lowest BCUT2D eigenvalue weighted by Crippen LogP contribution is -2.32. The highest BCUT2D eigenvalue weighted by molar-refractivity contribution is 7.16. The number of hydrogen-bond acceptors (Lipinski definition) is 5. The highest BCUT2D eigenvalue weighted by atomic mass is 35.5. The number of amides is 1. The molecular formula is C18H21ClN2O3S. The summed E-state index contributed by atoms with van der Waals surface area (Å²) < 4.78 is 12.0. The summed E-state index contributed by atoms with van der Waals surface area (Å²) in [5.41, 5.74) is 0.712. The second kappa shape index (κ2) is 8.56. The van der Waals surface area contributed by atoms with Crippen molar-refractivity contribution in [3.8, 4) is 11.5 Å². The SMILES string of the molecule is CCN(CC(=O)Nc1ccc2c(c1)OCCCO2)Cc1ccc(Cl)s1. The monoisotopic (exact) mass is 380 g/mol. The number of ether oxygens (including phenoxy) is 2. The average Bonchev–Trinajstić information content (AvgIpc) is 2.86. The summed E-state index contributed by atoms with van der Waals surface area (Å²) in [4.78, 5) is 15.6. The van der Waals surface area contributed by atoms with E-state index in [0.717, 1.165) is 27.9 Å². The maximum atomic E-state index is 12.4. The van der Waals surface area contributed by atoms with Crippen molar-refractivity contribution in [2.24, 2.45) is 0 Å². The lowest BCUT2D eigenvalue weighted by Gasteiger charge is -2.19. The maximum Gasteiger partial charge on any atom is 0.238 e. The van der Waals surface area contributed by atoms with Crippen LogP contribution in [-0.2, 0) is 11.3 Å². The fourth-order valence-corrected chi connectivity index (χ4v) is 3.71. The Kier molecular flexibility index (Phi) is 6.18. The molecule has 0 aliphatic carbocycles. The molecule has 0 spiro atoms. The molecular weight excluding hydrogens is 360 g/mol. The molecule has 0 bridgehead atoms. The smallest absolute Gasteiger partial charge is 0.238 e. The van der Waals surface area contributed by atoms with E-state index >= 15 is 0 Å². The fraction of sp³-hybridized carbons (Fsp3) is 0.389. The average molecular weight is 381 g/mol. The Morgan fingerprint density at radius 3 is 2.76 bits per heavy atom. The first-order valence-electron chi connectivity index (χ1n) is 8.30. The number of nitrogens with one attached hydrogen (secondary N) is 1. The van der Waals surface area contributed by atoms with Gasteiger partial charge in [-0.1, -0.05) is 18.5 Å².